The van der Waals surface area contributed by atoms with Crippen LogP contribution in [0.4, 0.5) is 20.3 Å². The first-order chi connectivity index (χ1) is 11.4. The molecule has 126 valence electrons. The van der Waals surface area contributed by atoms with Crippen molar-refractivity contribution in [1.82, 2.24) is 15.3 Å². The molecular formula is C17H18F2N4O. The Balaban J connectivity index is 1.75. The molecule has 0 aromatic carbocycles. The van der Waals surface area contributed by atoms with E-state index in [1.165, 1.54) is 0 Å². The molecule has 7 heteroatoms. The zero-order valence-electron chi connectivity index (χ0n) is 13.3. The normalized spacial score (nSPS) is 16.0. The third kappa shape index (κ3) is 3.84. The topological polar surface area (TPSA) is 66.9 Å². The van der Waals surface area contributed by atoms with Crippen molar-refractivity contribution in [2.75, 3.05) is 5.32 Å². The van der Waals surface area contributed by atoms with Crippen molar-refractivity contribution < 1.29 is 13.6 Å². The number of rotatable bonds is 4. The average Bonchev–Trinajstić information content (AvgIpc) is 2.92. The summed E-state index contributed by atoms with van der Waals surface area (Å²) in [4.78, 5) is 19.6. The van der Waals surface area contributed by atoms with Crippen LogP contribution in [0.3, 0.4) is 0 Å². The van der Waals surface area contributed by atoms with Gasteiger partial charge in [-0.3, -0.25) is 4.79 Å². The molecule has 0 bridgehead atoms. The van der Waals surface area contributed by atoms with Gasteiger partial charge in [-0.2, -0.15) is 13.8 Å². The number of nitrogens with zero attached hydrogens (tertiary/aromatic N) is 2. The van der Waals surface area contributed by atoms with Crippen LogP contribution in [0, 0.1) is 11.9 Å². The van der Waals surface area contributed by atoms with Crippen LogP contribution in [0.25, 0.3) is 0 Å². The Morgan fingerprint density at radius 2 is 1.79 bits per heavy atom. The van der Waals surface area contributed by atoms with Crippen molar-refractivity contribution >= 4 is 17.4 Å². The summed E-state index contributed by atoms with van der Waals surface area (Å²) in [5, 5.41) is 5.79. The van der Waals surface area contributed by atoms with Crippen molar-refractivity contribution in [2.45, 2.75) is 38.1 Å². The Labute approximate surface area is 138 Å². The van der Waals surface area contributed by atoms with Crippen LogP contribution in [-0.2, 0) is 0 Å². The van der Waals surface area contributed by atoms with Crippen LogP contribution >= 0.6 is 0 Å². The molecule has 0 atom stereocenters. The molecule has 1 fully saturated rings. The van der Waals surface area contributed by atoms with E-state index in [2.05, 4.69) is 20.6 Å². The van der Waals surface area contributed by atoms with E-state index in [1.54, 1.807) is 18.2 Å². The van der Waals surface area contributed by atoms with Gasteiger partial charge in [0.25, 0.3) is 5.91 Å². The average molecular weight is 332 g/mol. The first kappa shape index (κ1) is 16.3. The van der Waals surface area contributed by atoms with Crippen LogP contribution in [0.1, 0.15) is 43.1 Å². The molecule has 2 aromatic rings. The van der Waals surface area contributed by atoms with Crippen molar-refractivity contribution in [1.29, 1.82) is 0 Å². The van der Waals surface area contributed by atoms with Gasteiger partial charge in [0, 0.05) is 23.4 Å². The molecule has 2 heterocycles. The molecule has 1 amide bonds. The minimum absolute atomic E-state index is 0.174. The lowest BCUT2D eigenvalue weighted by atomic mass is 10.0. The lowest BCUT2D eigenvalue weighted by Gasteiger charge is -2.25. The molecule has 2 N–H and O–H groups in total. The fourth-order valence-corrected chi connectivity index (χ4v) is 2.93. The molecule has 1 aliphatic rings. The van der Waals surface area contributed by atoms with E-state index < -0.39 is 11.9 Å². The monoisotopic (exact) mass is 332 g/mol. The van der Waals surface area contributed by atoms with Gasteiger partial charge in [-0.15, -0.1) is 0 Å². The minimum Gasteiger partial charge on any atom is -0.346 e. The summed E-state index contributed by atoms with van der Waals surface area (Å²) in [6.45, 7) is 2.03. The number of nitrogens with one attached hydrogen (secondary N) is 2. The first-order valence-corrected chi connectivity index (χ1v) is 7.83. The highest BCUT2D eigenvalue weighted by Gasteiger charge is 2.30. The van der Waals surface area contributed by atoms with E-state index >= 15 is 0 Å². The number of halogens is 2. The number of anilines is 2. The van der Waals surface area contributed by atoms with Crippen LogP contribution in [0.15, 0.2) is 30.3 Å². The quantitative estimate of drug-likeness (QED) is 0.840. The van der Waals surface area contributed by atoms with E-state index in [-0.39, 0.29) is 22.8 Å². The maximum atomic E-state index is 13.1. The van der Waals surface area contributed by atoms with Crippen molar-refractivity contribution in [3.8, 4) is 0 Å². The zero-order chi connectivity index (χ0) is 17.2. The molecule has 0 aliphatic heterocycles. The standard InChI is InChI=1S/C17H18F2N4O/c1-17(7-2-3-8-17)23-16(24)12-5-4-6-15(21-12)20-11-9-13(18)22-14(19)10-11/h4-6,9-10H,2-3,7-8H2,1H3,(H,23,24)(H,20,21,22). The predicted octanol–water partition coefficient (Wildman–Crippen LogP) is 3.56. The molecular weight excluding hydrogens is 314 g/mol. The number of carbonyl (C=O) groups excluding carboxylic acids is 1. The predicted molar refractivity (Wildman–Crippen MR) is 86.0 cm³/mol. The van der Waals surface area contributed by atoms with Gasteiger partial charge in [-0.1, -0.05) is 18.9 Å². The van der Waals surface area contributed by atoms with E-state index in [4.69, 9.17) is 0 Å². The van der Waals surface area contributed by atoms with E-state index in [1.807, 2.05) is 6.92 Å². The highest BCUT2D eigenvalue weighted by molar-refractivity contribution is 5.93. The number of carbonyl (C=O) groups is 1. The third-order valence-electron chi connectivity index (χ3n) is 4.14. The fourth-order valence-electron chi connectivity index (χ4n) is 2.93. The smallest absolute Gasteiger partial charge is 0.270 e. The zero-order valence-corrected chi connectivity index (χ0v) is 13.3. The molecule has 0 saturated heterocycles. The Morgan fingerprint density at radius 3 is 2.46 bits per heavy atom. The number of hydrogen-bond acceptors (Lipinski definition) is 4. The van der Waals surface area contributed by atoms with Crippen LogP contribution < -0.4 is 10.6 Å². The van der Waals surface area contributed by atoms with Gasteiger partial charge in [0.15, 0.2) is 0 Å². The summed E-state index contributed by atoms with van der Waals surface area (Å²) >= 11 is 0. The lowest BCUT2D eigenvalue weighted by molar-refractivity contribution is 0.0903. The van der Waals surface area contributed by atoms with Crippen molar-refractivity contribution in [2.24, 2.45) is 0 Å². The second kappa shape index (κ2) is 6.51. The van der Waals surface area contributed by atoms with Crippen molar-refractivity contribution in [3.05, 3.63) is 47.9 Å². The summed E-state index contributed by atoms with van der Waals surface area (Å²) in [6, 6.07) is 6.99. The fraction of sp³-hybridized carbons (Fsp3) is 0.353. The number of hydrogen-bond donors (Lipinski definition) is 2. The molecule has 2 aromatic heterocycles. The third-order valence-corrected chi connectivity index (χ3v) is 4.14. The molecule has 0 spiro atoms. The van der Waals surface area contributed by atoms with E-state index in [0.29, 0.717) is 5.82 Å². The molecule has 1 saturated carbocycles. The first-order valence-electron chi connectivity index (χ1n) is 7.83. The van der Waals surface area contributed by atoms with Gasteiger partial charge in [0.05, 0.1) is 0 Å². The van der Waals surface area contributed by atoms with Crippen LogP contribution in [-0.4, -0.2) is 21.4 Å². The number of pyridine rings is 2. The largest absolute Gasteiger partial charge is 0.346 e. The van der Waals surface area contributed by atoms with Gasteiger partial charge < -0.3 is 10.6 Å². The summed E-state index contributed by atoms with van der Waals surface area (Å²) in [7, 11) is 0. The Hall–Kier alpha value is -2.57. The van der Waals surface area contributed by atoms with Gasteiger partial charge in [0.2, 0.25) is 11.9 Å². The second-order valence-corrected chi connectivity index (χ2v) is 6.26. The Bertz CT molecular complexity index is 740. The molecule has 3 rings (SSSR count). The van der Waals surface area contributed by atoms with Gasteiger partial charge in [-0.05, 0) is 31.9 Å². The SMILES string of the molecule is CC1(NC(=O)c2cccc(Nc3cc(F)nc(F)c3)n2)CCCC1. The Morgan fingerprint density at radius 1 is 1.12 bits per heavy atom. The highest BCUT2D eigenvalue weighted by Crippen LogP contribution is 2.29. The summed E-state index contributed by atoms with van der Waals surface area (Å²) in [6.07, 6.45) is 4.11. The van der Waals surface area contributed by atoms with Crippen molar-refractivity contribution in [3.63, 3.8) is 0 Å². The molecule has 1 aliphatic carbocycles. The Kier molecular flexibility index (Phi) is 4.42. The van der Waals surface area contributed by atoms with Crippen LogP contribution in [0.5, 0.6) is 0 Å². The van der Waals surface area contributed by atoms with Gasteiger partial charge >= 0.3 is 0 Å². The van der Waals surface area contributed by atoms with E-state index in [0.717, 1.165) is 37.8 Å². The van der Waals surface area contributed by atoms with E-state index in [9.17, 15) is 13.6 Å². The lowest BCUT2D eigenvalue weighted by Crippen LogP contribution is -2.43. The summed E-state index contributed by atoms with van der Waals surface area (Å²) in [5.74, 6) is -1.79. The minimum atomic E-state index is -0.930. The number of aromatic nitrogens is 2. The highest BCUT2D eigenvalue weighted by atomic mass is 19.1. The molecule has 24 heavy (non-hydrogen) atoms. The summed E-state index contributed by atoms with van der Waals surface area (Å²) in [5.41, 5.74) is 0.232. The summed E-state index contributed by atoms with van der Waals surface area (Å²) < 4.78 is 26.3. The van der Waals surface area contributed by atoms with Crippen LogP contribution in [0.2, 0.25) is 0 Å². The van der Waals surface area contributed by atoms with Gasteiger partial charge in [-0.25, -0.2) is 4.98 Å². The second-order valence-electron chi connectivity index (χ2n) is 6.26. The maximum absolute atomic E-state index is 13.1. The molecule has 0 unspecified atom stereocenters. The van der Waals surface area contributed by atoms with Gasteiger partial charge in [0.1, 0.15) is 11.5 Å². The molecule has 0 radical (unpaired) electrons. The molecule has 5 nitrogen and oxygen atoms in total. The maximum Gasteiger partial charge on any atom is 0.270 e. The number of amides is 1.